The number of nitrogens with two attached hydrogens (primary N) is 1. The molecule has 3 N–H and O–H groups in total. The van der Waals surface area contributed by atoms with Crippen LogP contribution in [-0.2, 0) is 0 Å². The maximum atomic E-state index is 7.56. The first-order chi connectivity index (χ1) is 7.58. The maximum absolute atomic E-state index is 7.56. The largest absolute Gasteiger partial charge is 0.490 e. The second-order valence-electron chi connectivity index (χ2n) is 4.31. The molecule has 2 rings (SSSR count). The lowest BCUT2D eigenvalue weighted by molar-refractivity contribution is 0.120. The van der Waals surface area contributed by atoms with E-state index in [1.165, 1.54) is 6.42 Å². The van der Waals surface area contributed by atoms with Gasteiger partial charge in [-0.2, -0.15) is 0 Å². The average molecular weight is 219 g/mol. The standard InChI is InChI=1S/C12H17N3O/c1-7-6-10(16-9-4-3-5-9)11(12(13)14)8(2)15-7/h6,9H,3-5H2,1-2H3,(H3,13,14). The summed E-state index contributed by atoms with van der Waals surface area (Å²) >= 11 is 0. The van der Waals surface area contributed by atoms with E-state index in [4.69, 9.17) is 15.9 Å². The van der Waals surface area contributed by atoms with Crippen molar-refractivity contribution < 1.29 is 4.74 Å². The normalized spacial score (nSPS) is 15.6. The number of hydrogen-bond acceptors (Lipinski definition) is 3. The van der Waals surface area contributed by atoms with Crippen LogP contribution < -0.4 is 10.5 Å². The van der Waals surface area contributed by atoms with Crippen molar-refractivity contribution in [1.82, 2.24) is 4.98 Å². The van der Waals surface area contributed by atoms with Crippen LogP contribution in [0.2, 0.25) is 0 Å². The minimum atomic E-state index is 0.0272. The molecule has 0 amide bonds. The van der Waals surface area contributed by atoms with Crippen LogP contribution in [0.1, 0.15) is 36.2 Å². The molecule has 0 unspecified atom stereocenters. The van der Waals surface area contributed by atoms with Crippen LogP contribution in [0, 0.1) is 19.3 Å². The fraction of sp³-hybridized carbons (Fsp3) is 0.500. The van der Waals surface area contributed by atoms with Gasteiger partial charge in [-0.05, 0) is 33.1 Å². The Labute approximate surface area is 95.3 Å². The third-order valence-corrected chi connectivity index (χ3v) is 2.91. The summed E-state index contributed by atoms with van der Waals surface area (Å²) in [5.74, 6) is 0.738. The zero-order chi connectivity index (χ0) is 11.7. The van der Waals surface area contributed by atoms with Gasteiger partial charge in [-0.25, -0.2) is 0 Å². The fourth-order valence-corrected chi connectivity index (χ4v) is 1.88. The molecule has 0 aromatic carbocycles. The molecule has 4 heteroatoms. The Kier molecular flexibility index (Phi) is 2.81. The maximum Gasteiger partial charge on any atom is 0.134 e. The van der Waals surface area contributed by atoms with E-state index in [2.05, 4.69) is 4.98 Å². The molecule has 0 saturated heterocycles. The van der Waals surface area contributed by atoms with E-state index in [9.17, 15) is 0 Å². The van der Waals surface area contributed by atoms with Gasteiger partial charge in [0.25, 0.3) is 0 Å². The van der Waals surface area contributed by atoms with Gasteiger partial charge in [-0.1, -0.05) is 0 Å². The number of nitrogens with zero attached hydrogens (tertiary/aromatic N) is 1. The van der Waals surface area contributed by atoms with Gasteiger partial charge < -0.3 is 10.5 Å². The Balaban J connectivity index is 2.35. The number of amidine groups is 1. The molecule has 1 heterocycles. The summed E-state index contributed by atoms with van der Waals surface area (Å²) in [7, 11) is 0. The minimum Gasteiger partial charge on any atom is -0.490 e. The summed E-state index contributed by atoms with van der Waals surface area (Å²) in [5, 5.41) is 7.56. The zero-order valence-electron chi connectivity index (χ0n) is 9.71. The van der Waals surface area contributed by atoms with Crippen molar-refractivity contribution in [3.05, 3.63) is 23.0 Å². The summed E-state index contributed by atoms with van der Waals surface area (Å²) in [6.45, 7) is 3.78. The molecule has 0 spiro atoms. The number of nitrogen functional groups attached to an aromatic ring is 1. The minimum absolute atomic E-state index is 0.0272. The first kappa shape index (κ1) is 10.9. The van der Waals surface area contributed by atoms with Crippen LogP contribution in [0.4, 0.5) is 0 Å². The number of aromatic nitrogens is 1. The highest BCUT2D eigenvalue weighted by atomic mass is 16.5. The molecule has 16 heavy (non-hydrogen) atoms. The van der Waals surface area contributed by atoms with Crippen molar-refractivity contribution in [1.29, 1.82) is 5.41 Å². The lowest BCUT2D eigenvalue weighted by Gasteiger charge is -2.27. The highest BCUT2D eigenvalue weighted by molar-refractivity contribution is 5.98. The van der Waals surface area contributed by atoms with E-state index in [0.29, 0.717) is 17.4 Å². The molecule has 1 aliphatic carbocycles. The van der Waals surface area contributed by atoms with E-state index < -0.39 is 0 Å². The molecule has 0 atom stereocenters. The van der Waals surface area contributed by atoms with Gasteiger partial charge in [-0.3, -0.25) is 10.4 Å². The molecular formula is C12H17N3O. The Morgan fingerprint density at radius 2 is 2.19 bits per heavy atom. The van der Waals surface area contributed by atoms with Gasteiger partial charge in [0, 0.05) is 11.8 Å². The number of pyridine rings is 1. The molecule has 1 aliphatic rings. The van der Waals surface area contributed by atoms with Crippen LogP contribution in [0.25, 0.3) is 0 Å². The van der Waals surface area contributed by atoms with Crippen molar-refractivity contribution in [3.8, 4) is 5.75 Å². The van der Waals surface area contributed by atoms with Crippen molar-refractivity contribution in [2.45, 2.75) is 39.2 Å². The molecule has 1 aromatic heterocycles. The Morgan fingerprint density at radius 1 is 1.50 bits per heavy atom. The van der Waals surface area contributed by atoms with Gasteiger partial charge >= 0.3 is 0 Å². The van der Waals surface area contributed by atoms with Gasteiger partial charge in [0.2, 0.25) is 0 Å². The van der Waals surface area contributed by atoms with Crippen molar-refractivity contribution in [2.75, 3.05) is 0 Å². The van der Waals surface area contributed by atoms with E-state index >= 15 is 0 Å². The van der Waals surface area contributed by atoms with Crippen molar-refractivity contribution >= 4 is 5.84 Å². The molecule has 0 radical (unpaired) electrons. The third-order valence-electron chi connectivity index (χ3n) is 2.91. The topological polar surface area (TPSA) is 72.0 Å². The van der Waals surface area contributed by atoms with Crippen LogP contribution in [0.5, 0.6) is 5.75 Å². The van der Waals surface area contributed by atoms with Gasteiger partial charge in [0.1, 0.15) is 11.6 Å². The van der Waals surface area contributed by atoms with Gasteiger partial charge in [0.15, 0.2) is 0 Å². The predicted octanol–water partition coefficient (Wildman–Crippen LogP) is 1.91. The molecule has 1 saturated carbocycles. The summed E-state index contributed by atoms with van der Waals surface area (Å²) in [5.41, 5.74) is 7.87. The summed E-state index contributed by atoms with van der Waals surface area (Å²) < 4.78 is 5.84. The molecule has 1 aromatic rings. The molecule has 4 nitrogen and oxygen atoms in total. The van der Waals surface area contributed by atoms with E-state index in [0.717, 1.165) is 24.2 Å². The molecular weight excluding hydrogens is 202 g/mol. The zero-order valence-corrected chi connectivity index (χ0v) is 9.71. The van der Waals surface area contributed by atoms with Crippen LogP contribution >= 0.6 is 0 Å². The summed E-state index contributed by atoms with van der Waals surface area (Å²) in [6.07, 6.45) is 3.71. The Bertz CT molecular complexity index is 425. The SMILES string of the molecule is Cc1cc(OC2CCC2)c(C(=N)N)c(C)n1. The Hall–Kier alpha value is -1.58. The monoisotopic (exact) mass is 219 g/mol. The van der Waals surface area contributed by atoms with E-state index in [1.807, 2.05) is 19.9 Å². The summed E-state index contributed by atoms with van der Waals surface area (Å²) in [6, 6.07) is 1.86. The van der Waals surface area contributed by atoms with E-state index in [1.54, 1.807) is 0 Å². The molecule has 86 valence electrons. The quantitative estimate of drug-likeness (QED) is 0.602. The van der Waals surface area contributed by atoms with E-state index in [-0.39, 0.29) is 5.84 Å². The Morgan fingerprint density at radius 3 is 2.69 bits per heavy atom. The highest BCUT2D eigenvalue weighted by Gasteiger charge is 2.22. The summed E-state index contributed by atoms with van der Waals surface area (Å²) in [4.78, 5) is 4.31. The van der Waals surface area contributed by atoms with Gasteiger partial charge in [0.05, 0.1) is 17.4 Å². The third kappa shape index (κ3) is 2.01. The van der Waals surface area contributed by atoms with Crippen LogP contribution in [-0.4, -0.2) is 16.9 Å². The lowest BCUT2D eigenvalue weighted by Crippen LogP contribution is -2.26. The smallest absolute Gasteiger partial charge is 0.134 e. The van der Waals surface area contributed by atoms with Crippen LogP contribution in [0.15, 0.2) is 6.07 Å². The number of rotatable bonds is 3. The predicted molar refractivity (Wildman–Crippen MR) is 63.0 cm³/mol. The van der Waals surface area contributed by atoms with Crippen molar-refractivity contribution in [3.63, 3.8) is 0 Å². The average Bonchev–Trinajstić information content (AvgIpc) is 2.09. The number of hydrogen-bond donors (Lipinski definition) is 2. The molecule has 1 fully saturated rings. The van der Waals surface area contributed by atoms with Gasteiger partial charge in [-0.15, -0.1) is 0 Å². The second-order valence-corrected chi connectivity index (χ2v) is 4.31. The second kappa shape index (κ2) is 4.12. The van der Waals surface area contributed by atoms with Crippen LogP contribution in [0.3, 0.4) is 0 Å². The highest BCUT2D eigenvalue weighted by Crippen LogP contribution is 2.29. The lowest BCUT2D eigenvalue weighted by atomic mass is 9.96. The molecule has 0 bridgehead atoms. The number of ether oxygens (including phenoxy) is 1. The first-order valence-electron chi connectivity index (χ1n) is 5.57. The fourth-order valence-electron chi connectivity index (χ4n) is 1.88. The molecule has 0 aliphatic heterocycles. The number of nitrogens with one attached hydrogen (secondary N) is 1. The number of aryl methyl sites for hydroxylation is 2. The first-order valence-corrected chi connectivity index (χ1v) is 5.57. The van der Waals surface area contributed by atoms with Crippen molar-refractivity contribution in [2.24, 2.45) is 5.73 Å².